The van der Waals surface area contributed by atoms with E-state index in [1.54, 1.807) is 0 Å². The standard InChI is InChI=1S/C17H23N3O3/c1-2-11-18-15(21)9-8-14-16(22)20(17(23)19-14)12-10-13-6-4-3-5-7-13/h3-7,14H,2,8-12H2,1H3,(H,18,21)(H,19,23)/t14-/m1/s1. The molecule has 1 aliphatic rings. The van der Waals surface area contributed by atoms with E-state index in [1.165, 1.54) is 4.90 Å². The highest BCUT2D eigenvalue weighted by molar-refractivity contribution is 6.04. The minimum absolute atomic E-state index is 0.0864. The summed E-state index contributed by atoms with van der Waals surface area (Å²) in [5, 5.41) is 5.42. The Balaban J connectivity index is 1.81. The van der Waals surface area contributed by atoms with Crippen molar-refractivity contribution in [1.82, 2.24) is 15.5 Å². The lowest BCUT2D eigenvalue weighted by Crippen LogP contribution is -2.34. The van der Waals surface area contributed by atoms with Gasteiger partial charge in [0.05, 0.1) is 0 Å². The smallest absolute Gasteiger partial charge is 0.324 e. The lowest BCUT2D eigenvalue weighted by molar-refractivity contribution is -0.127. The summed E-state index contributed by atoms with van der Waals surface area (Å²) in [7, 11) is 0. The Morgan fingerprint density at radius 1 is 1.26 bits per heavy atom. The number of hydrogen-bond acceptors (Lipinski definition) is 3. The van der Waals surface area contributed by atoms with Crippen LogP contribution in [0.3, 0.4) is 0 Å². The van der Waals surface area contributed by atoms with E-state index in [-0.39, 0.29) is 24.3 Å². The van der Waals surface area contributed by atoms with Crippen molar-refractivity contribution in [3.63, 3.8) is 0 Å². The number of carbonyl (C=O) groups is 3. The van der Waals surface area contributed by atoms with Gasteiger partial charge in [0, 0.05) is 19.5 Å². The molecule has 1 fully saturated rings. The number of hydrogen-bond donors (Lipinski definition) is 2. The zero-order valence-corrected chi connectivity index (χ0v) is 13.4. The number of nitrogens with one attached hydrogen (secondary N) is 2. The largest absolute Gasteiger partial charge is 0.356 e. The molecule has 0 bridgehead atoms. The van der Waals surface area contributed by atoms with Crippen molar-refractivity contribution >= 4 is 17.8 Å². The summed E-state index contributed by atoms with van der Waals surface area (Å²) < 4.78 is 0. The Morgan fingerprint density at radius 2 is 2.00 bits per heavy atom. The van der Waals surface area contributed by atoms with Crippen LogP contribution in [0.2, 0.25) is 0 Å². The van der Waals surface area contributed by atoms with Gasteiger partial charge in [-0.15, -0.1) is 0 Å². The van der Waals surface area contributed by atoms with Crippen LogP contribution in [0.4, 0.5) is 4.79 Å². The van der Waals surface area contributed by atoms with E-state index in [2.05, 4.69) is 10.6 Å². The average molecular weight is 317 g/mol. The van der Waals surface area contributed by atoms with Gasteiger partial charge >= 0.3 is 6.03 Å². The summed E-state index contributed by atoms with van der Waals surface area (Å²) in [6.45, 7) is 2.96. The molecule has 1 saturated heterocycles. The maximum absolute atomic E-state index is 12.3. The van der Waals surface area contributed by atoms with Gasteiger partial charge in [-0.25, -0.2) is 4.79 Å². The van der Waals surface area contributed by atoms with Crippen molar-refractivity contribution in [3.8, 4) is 0 Å². The van der Waals surface area contributed by atoms with Crippen molar-refractivity contribution in [2.24, 2.45) is 0 Å². The molecule has 4 amide bonds. The number of amides is 4. The molecule has 1 heterocycles. The third-order valence-electron chi connectivity index (χ3n) is 3.81. The van der Waals surface area contributed by atoms with Crippen LogP contribution in [0.25, 0.3) is 0 Å². The Kier molecular flexibility index (Phi) is 6.14. The van der Waals surface area contributed by atoms with Crippen molar-refractivity contribution < 1.29 is 14.4 Å². The van der Waals surface area contributed by atoms with Crippen LogP contribution in [0.1, 0.15) is 31.7 Å². The second-order valence-electron chi connectivity index (χ2n) is 5.62. The molecule has 1 aliphatic heterocycles. The van der Waals surface area contributed by atoms with Crippen molar-refractivity contribution in [2.75, 3.05) is 13.1 Å². The molecule has 0 saturated carbocycles. The average Bonchev–Trinajstić information content (AvgIpc) is 2.84. The van der Waals surface area contributed by atoms with E-state index in [9.17, 15) is 14.4 Å². The van der Waals surface area contributed by atoms with Crippen molar-refractivity contribution in [2.45, 2.75) is 38.6 Å². The van der Waals surface area contributed by atoms with Crippen LogP contribution in [0.5, 0.6) is 0 Å². The molecule has 6 nitrogen and oxygen atoms in total. The highest BCUT2D eigenvalue weighted by Crippen LogP contribution is 2.12. The Bertz CT molecular complexity index is 559. The fraction of sp³-hybridized carbons (Fsp3) is 0.471. The first-order valence-electron chi connectivity index (χ1n) is 8.04. The van der Waals surface area contributed by atoms with Crippen LogP contribution in [-0.2, 0) is 16.0 Å². The molecule has 0 aliphatic carbocycles. The van der Waals surface area contributed by atoms with Gasteiger partial charge in [-0.05, 0) is 24.8 Å². The SMILES string of the molecule is CCCNC(=O)CC[C@H]1NC(=O)N(CCc2ccccc2)C1=O. The monoisotopic (exact) mass is 317 g/mol. The topological polar surface area (TPSA) is 78.5 Å². The van der Waals surface area contributed by atoms with Crippen LogP contribution in [-0.4, -0.2) is 41.9 Å². The van der Waals surface area contributed by atoms with E-state index in [0.29, 0.717) is 25.9 Å². The van der Waals surface area contributed by atoms with Crippen molar-refractivity contribution in [3.05, 3.63) is 35.9 Å². The Labute approximate surface area is 136 Å². The predicted molar refractivity (Wildman–Crippen MR) is 86.7 cm³/mol. The zero-order chi connectivity index (χ0) is 16.7. The maximum atomic E-state index is 12.3. The normalized spacial score (nSPS) is 17.3. The molecule has 1 aromatic rings. The number of nitrogens with zero attached hydrogens (tertiary/aromatic N) is 1. The summed E-state index contributed by atoms with van der Waals surface area (Å²) in [6.07, 6.45) is 2.08. The highest BCUT2D eigenvalue weighted by Gasteiger charge is 2.37. The molecule has 124 valence electrons. The fourth-order valence-corrected chi connectivity index (χ4v) is 2.50. The summed E-state index contributed by atoms with van der Waals surface area (Å²) in [6, 6.07) is 8.76. The van der Waals surface area contributed by atoms with Gasteiger partial charge in [0.25, 0.3) is 5.91 Å². The van der Waals surface area contributed by atoms with Gasteiger partial charge in [0.2, 0.25) is 5.91 Å². The fourth-order valence-electron chi connectivity index (χ4n) is 2.50. The van der Waals surface area contributed by atoms with E-state index >= 15 is 0 Å². The van der Waals surface area contributed by atoms with Crippen LogP contribution in [0, 0.1) is 0 Å². The van der Waals surface area contributed by atoms with Gasteiger partial charge in [-0.2, -0.15) is 0 Å². The third-order valence-corrected chi connectivity index (χ3v) is 3.81. The minimum Gasteiger partial charge on any atom is -0.356 e. The van der Waals surface area contributed by atoms with Gasteiger partial charge in [0.15, 0.2) is 0 Å². The summed E-state index contributed by atoms with van der Waals surface area (Å²) in [5.41, 5.74) is 1.08. The van der Waals surface area contributed by atoms with Crippen molar-refractivity contribution in [1.29, 1.82) is 0 Å². The second-order valence-corrected chi connectivity index (χ2v) is 5.62. The lowest BCUT2D eigenvalue weighted by Gasteiger charge is -2.13. The molecule has 0 unspecified atom stereocenters. The number of benzene rings is 1. The van der Waals surface area contributed by atoms with E-state index in [1.807, 2.05) is 37.3 Å². The zero-order valence-electron chi connectivity index (χ0n) is 13.4. The number of urea groups is 1. The van der Waals surface area contributed by atoms with E-state index < -0.39 is 6.04 Å². The maximum Gasteiger partial charge on any atom is 0.324 e. The quantitative estimate of drug-likeness (QED) is 0.712. The van der Waals surface area contributed by atoms with E-state index in [0.717, 1.165) is 12.0 Å². The lowest BCUT2D eigenvalue weighted by atomic mass is 10.1. The predicted octanol–water partition coefficient (Wildman–Crippen LogP) is 1.46. The molecule has 0 radical (unpaired) electrons. The summed E-state index contributed by atoms with van der Waals surface area (Å²) >= 11 is 0. The number of rotatable bonds is 8. The Morgan fingerprint density at radius 3 is 2.70 bits per heavy atom. The molecule has 2 N–H and O–H groups in total. The number of carbonyl (C=O) groups excluding carboxylic acids is 3. The first kappa shape index (κ1) is 17.0. The van der Waals surface area contributed by atoms with Gasteiger partial charge < -0.3 is 10.6 Å². The van der Waals surface area contributed by atoms with Crippen LogP contribution >= 0.6 is 0 Å². The molecule has 6 heteroatoms. The van der Waals surface area contributed by atoms with E-state index in [4.69, 9.17) is 0 Å². The molecular weight excluding hydrogens is 294 g/mol. The summed E-state index contributed by atoms with van der Waals surface area (Å²) in [5.74, 6) is -0.328. The summed E-state index contributed by atoms with van der Waals surface area (Å²) in [4.78, 5) is 37.0. The minimum atomic E-state index is -0.592. The van der Waals surface area contributed by atoms with Crippen LogP contribution < -0.4 is 10.6 Å². The molecule has 1 atom stereocenters. The molecule has 0 aromatic heterocycles. The van der Waals surface area contributed by atoms with Crippen LogP contribution in [0.15, 0.2) is 30.3 Å². The Hall–Kier alpha value is -2.37. The molecular formula is C17H23N3O3. The van der Waals surface area contributed by atoms with Gasteiger partial charge in [-0.3, -0.25) is 14.5 Å². The molecule has 0 spiro atoms. The van der Waals surface area contributed by atoms with Gasteiger partial charge in [-0.1, -0.05) is 37.3 Å². The highest BCUT2D eigenvalue weighted by atomic mass is 16.2. The second kappa shape index (κ2) is 8.31. The van der Waals surface area contributed by atoms with Gasteiger partial charge in [0.1, 0.15) is 6.04 Å². The molecule has 23 heavy (non-hydrogen) atoms. The third kappa shape index (κ3) is 4.81. The molecule has 1 aromatic carbocycles. The number of imide groups is 1. The molecule has 2 rings (SSSR count). The first-order chi connectivity index (χ1) is 11.1. The first-order valence-corrected chi connectivity index (χ1v) is 8.04.